The number of hydrogen-bond acceptors (Lipinski definition) is 9. The van der Waals surface area contributed by atoms with Crippen molar-refractivity contribution in [1.29, 1.82) is 0 Å². The Bertz CT molecular complexity index is 386. The Morgan fingerprint density at radius 1 is 0.815 bits per heavy atom. The van der Waals surface area contributed by atoms with Crippen molar-refractivity contribution in [3.63, 3.8) is 0 Å². The first-order chi connectivity index (χ1) is 12.3. The molecule has 8 N–H and O–H groups in total. The summed E-state index contributed by atoms with van der Waals surface area (Å²) in [6.45, 7) is 8.14. The van der Waals surface area contributed by atoms with Gasteiger partial charge in [0, 0.05) is 25.4 Å². The van der Waals surface area contributed by atoms with Gasteiger partial charge in [0.2, 0.25) is 0 Å². The fraction of sp³-hybridized carbons (Fsp3) is 0.222. The minimum absolute atomic E-state index is 0.820. The fourth-order valence-corrected chi connectivity index (χ4v) is 0.964. The van der Waals surface area contributed by atoms with E-state index in [1.165, 1.54) is 0 Å². The summed E-state index contributed by atoms with van der Waals surface area (Å²) < 4.78 is 42.5. The van der Waals surface area contributed by atoms with Gasteiger partial charge in [0.1, 0.15) is 5.82 Å². The van der Waals surface area contributed by atoms with Crippen LogP contribution in [0.5, 0.6) is 0 Å². The molecule has 154 valence electrons. The zero-order valence-corrected chi connectivity index (χ0v) is 13.9. The van der Waals surface area contributed by atoms with E-state index in [1.807, 2.05) is 18.3 Å². The Hall–Kier alpha value is -1.65. The smallest absolute Gasteiger partial charge is 0.398 e. The van der Waals surface area contributed by atoms with E-state index in [0.717, 1.165) is 18.8 Å². The molecule has 0 saturated carbocycles. The summed E-state index contributed by atoms with van der Waals surface area (Å²) in [4.78, 5) is 4.17. The summed E-state index contributed by atoms with van der Waals surface area (Å²) in [5.74, 6) is 1.04. The molecular weight excluding hydrogens is 383 g/mol. The maximum Gasteiger partial charge on any atom is 0.674 e. The van der Waals surface area contributed by atoms with Gasteiger partial charge in [-0.2, -0.15) is 0 Å². The number of aromatic nitrogens is 2. The van der Waals surface area contributed by atoms with Crippen molar-refractivity contribution in [3.05, 3.63) is 43.5 Å². The monoisotopic (exact) mass is 404 g/mol. The molecule has 10 nitrogen and oxygen atoms in total. The van der Waals surface area contributed by atoms with Crippen LogP contribution in [0, 0.1) is 0 Å². The van der Waals surface area contributed by atoms with Crippen molar-refractivity contribution in [2.75, 3.05) is 0 Å². The molecule has 1 rings (SSSR count). The van der Waals surface area contributed by atoms with E-state index >= 15 is 0 Å². The second-order valence-electron chi connectivity index (χ2n) is 3.52. The topological polar surface area (TPSA) is 180 Å². The van der Waals surface area contributed by atoms with E-state index in [4.69, 9.17) is 40.2 Å². The predicted molar refractivity (Wildman–Crippen MR) is 91.5 cm³/mol. The van der Waals surface area contributed by atoms with Crippen LogP contribution in [0.2, 0.25) is 0 Å². The molecule has 0 fully saturated rings. The van der Waals surface area contributed by atoms with E-state index in [2.05, 4.69) is 22.7 Å². The van der Waals surface area contributed by atoms with E-state index in [9.17, 15) is 17.3 Å². The van der Waals surface area contributed by atoms with Gasteiger partial charge in [-0.3, -0.25) is 17.3 Å². The lowest BCUT2D eigenvalue weighted by Gasteiger charge is -2.00. The highest BCUT2D eigenvalue weighted by molar-refractivity contribution is 6.32. The summed E-state index contributed by atoms with van der Waals surface area (Å²) in [6.07, 6.45) is 8.26. The lowest BCUT2D eigenvalue weighted by molar-refractivity contribution is 0.338. The number of hydrogen-bond donors (Lipinski definition) is 8. The third-order valence-electron chi connectivity index (χ3n) is 1.45. The molecule has 0 aliphatic heterocycles. The van der Waals surface area contributed by atoms with Gasteiger partial charge in [0.05, 0.1) is 0 Å². The highest BCUT2D eigenvalue weighted by atomic mass is 19.1. The number of nitrogens with zero attached hydrogens (tertiary/aromatic N) is 2. The van der Waals surface area contributed by atoms with Gasteiger partial charge >= 0.3 is 29.6 Å². The van der Waals surface area contributed by atoms with Crippen LogP contribution in [0.4, 0.5) is 17.3 Å². The van der Waals surface area contributed by atoms with Gasteiger partial charge < -0.3 is 44.8 Å². The molecule has 0 aliphatic rings. The van der Waals surface area contributed by atoms with Crippen molar-refractivity contribution in [1.82, 2.24) is 9.55 Å². The van der Waals surface area contributed by atoms with E-state index < -0.39 is 29.6 Å². The van der Waals surface area contributed by atoms with Crippen molar-refractivity contribution in [2.45, 2.75) is 13.0 Å². The molecule has 1 heterocycles. The lowest BCUT2D eigenvalue weighted by atomic mass is 10.3. The SMILES string of the molecule is C=CCc1nccn1CC=C.OB(O)F.OB(O)F.OB(O)F.OB(O)F. The Morgan fingerprint density at radius 2 is 1.15 bits per heavy atom. The van der Waals surface area contributed by atoms with E-state index in [1.54, 1.807) is 6.20 Å². The van der Waals surface area contributed by atoms with Gasteiger partial charge in [0.15, 0.2) is 0 Å². The van der Waals surface area contributed by atoms with Crippen molar-refractivity contribution < 1.29 is 57.5 Å². The van der Waals surface area contributed by atoms with Crippen LogP contribution in [0.1, 0.15) is 5.82 Å². The van der Waals surface area contributed by atoms with Crippen LogP contribution < -0.4 is 0 Å². The fourth-order valence-electron chi connectivity index (χ4n) is 0.964. The number of imidazole rings is 1. The average molecular weight is 404 g/mol. The highest BCUT2D eigenvalue weighted by Gasteiger charge is 1.98. The van der Waals surface area contributed by atoms with Gasteiger partial charge in [-0.25, -0.2) is 4.98 Å². The van der Waals surface area contributed by atoms with Crippen LogP contribution in [-0.2, 0) is 13.0 Å². The normalized spacial score (nSPS) is 7.85. The predicted octanol–water partition coefficient (Wildman–Crippen LogP) is -2.50. The molecule has 0 radical (unpaired) electrons. The summed E-state index contributed by atoms with van der Waals surface area (Å²) in [7, 11) is -10.7. The third-order valence-corrected chi connectivity index (χ3v) is 1.45. The van der Waals surface area contributed by atoms with Crippen LogP contribution in [0.15, 0.2) is 37.7 Å². The molecule has 1 aromatic rings. The lowest BCUT2D eigenvalue weighted by Crippen LogP contribution is -1.99. The van der Waals surface area contributed by atoms with Gasteiger partial charge in [-0.15, -0.1) is 13.2 Å². The van der Waals surface area contributed by atoms with E-state index in [-0.39, 0.29) is 0 Å². The first kappa shape index (κ1) is 33.0. The standard InChI is InChI=1S/C9H12N2.4BFH2O2/c1-3-5-9-10-6-8-11(9)7-4-2;4*2-1(3)4/h3-4,6,8H,1-2,5,7H2;4*3-4H. The second-order valence-corrected chi connectivity index (χ2v) is 3.52. The van der Waals surface area contributed by atoms with Crippen LogP contribution in [0.3, 0.4) is 0 Å². The Morgan fingerprint density at radius 3 is 1.41 bits per heavy atom. The maximum atomic E-state index is 10.1. The van der Waals surface area contributed by atoms with Crippen molar-refractivity contribution in [3.8, 4) is 0 Å². The van der Waals surface area contributed by atoms with Crippen molar-refractivity contribution >= 4 is 29.6 Å². The second kappa shape index (κ2) is 24.3. The average Bonchev–Trinajstić information content (AvgIpc) is 2.84. The van der Waals surface area contributed by atoms with Gasteiger partial charge in [-0.1, -0.05) is 12.2 Å². The molecule has 0 spiro atoms. The molecule has 1 aromatic heterocycles. The molecule has 0 unspecified atom stereocenters. The minimum Gasteiger partial charge on any atom is -0.398 e. The summed E-state index contributed by atoms with van der Waals surface area (Å²) in [5.41, 5.74) is 0. The molecule has 27 heavy (non-hydrogen) atoms. The van der Waals surface area contributed by atoms with Gasteiger partial charge in [0.25, 0.3) is 0 Å². The van der Waals surface area contributed by atoms with Crippen LogP contribution in [-0.4, -0.2) is 79.3 Å². The Kier molecular flexibility index (Phi) is 29.7. The zero-order valence-electron chi connectivity index (χ0n) is 13.9. The summed E-state index contributed by atoms with van der Waals surface area (Å²) in [5, 5.41) is 55.6. The largest absolute Gasteiger partial charge is 0.674 e. The minimum atomic E-state index is -2.67. The quantitative estimate of drug-likeness (QED) is 0.153. The summed E-state index contributed by atoms with van der Waals surface area (Å²) in [6, 6.07) is 0. The Balaban J connectivity index is -0.000000139. The molecule has 0 amide bonds. The highest BCUT2D eigenvalue weighted by Crippen LogP contribution is 1.98. The number of halogens is 4. The zero-order chi connectivity index (χ0) is 22.4. The van der Waals surface area contributed by atoms with Gasteiger partial charge in [-0.05, 0) is 0 Å². The first-order valence-corrected chi connectivity index (χ1v) is 6.54. The molecular formula is C9H20B4F4N2O8. The Labute approximate surface area is 154 Å². The third kappa shape index (κ3) is 59.1. The summed E-state index contributed by atoms with van der Waals surface area (Å²) >= 11 is 0. The molecule has 18 heteroatoms. The molecule has 0 aromatic carbocycles. The first-order valence-electron chi connectivity index (χ1n) is 6.54. The number of allylic oxidation sites excluding steroid dienone is 2. The molecule has 0 bridgehead atoms. The van der Waals surface area contributed by atoms with Crippen LogP contribution >= 0.6 is 0 Å². The maximum absolute atomic E-state index is 10.1. The molecule has 0 saturated heterocycles. The van der Waals surface area contributed by atoms with Crippen LogP contribution in [0.25, 0.3) is 0 Å². The number of rotatable bonds is 4. The van der Waals surface area contributed by atoms with E-state index in [0.29, 0.717) is 0 Å². The molecule has 0 atom stereocenters. The van der Waals surface area contributed by atoms with Crippen molar-refractivity contribution in [2.24, 2.45) is 0 Å². The molecule has 0 aliphatic carbocycles.